The maximum Gasteiger partial charge on any atom is 0.353 e. The number of unbranched alkanes of at least 4 members (excludes halogenated alkanes) is 1. The highest BCUT2D eigenvalue weighted by atomic mass is 16.6. The summed E-state index contributed by atoms with van der Waals surface area (Å²) >= 11 is 0. The Morgan fingerprint density at radius 2 is 2.11 bits per heavy atom. The van der Waals surface area contributed by atoms with Crippen LogP contribution >= 0.6 is 0 Å². The summed E-state index contributed by atoms with van der Waals surface area (Å²) in [5.41, 5.74) is -0.108. The van der Waals surface area contributed by atoms with E-state index in [9.17, 15) is 10.1 Å². The first-order valence-corrected chi connectivity index (χ1v) is 6.03. The quantitative estimate of drug-likeness (QED) is 0.572. The van der Waals surface area contributed by atoms with Crippen molar-refractivity contribution < 1.29 is 4.92 Å². The molecule has 0 radical (unpaired) electrons. The Labute approximate surface area is 106 Å². The summed E-state index contributed by atoms with van der Waals surface area (Å²) in [5, 5.41) is 16.8. The van der Waals surface area contributed by atoms with Crippen LogP contribution in [0.25, 0.3) is 0 Å². The van der Waals surface area contributed by atoms with Gasteiger partial charge in [0.25, 0.3) is 0 Å². The van der Waals surface area contributed by atoms with E-state index in [1.54, 1.807) is 7.05 Å². The van der Waals surface area contributed by atoms with Gasteiger partial charge in [0.1, 0.15) is 6.33 Å². The van der Waals surface area contributed by atoms with Gasteiger partial charge in [0.2, 0.25) is 11.6 Å². The molecular weight excluding hydrogens is 234 g/mol. The summed E-state index contributed by atoms with van der Waals surface area (Å²) < 4.78 is 0. The monoisotopic (exact) mass is 253 g/mol. The van der Waals surface area contributed by atoms with E-state index in [1.165, 1.54) is 6.33 Å². The lowest BCUT2D eigenvalue weighted by atomic mass is 10.1. The van der Waals surface area contributed by atoms with Crippen molar-refractivity contribution in [2.45, 2.75) is 39.2 Å². The molecule has 2 N–H and O–H groups in total. The molecule has 1 heterocycles. The van der Waals surface area contributed by atoms with Gasteiger partial charge < -0.3 is 10.6 Å². The van der Waals surface area contributed by atoms with Crippen LogP contribution in [0.2, 0.25) is 0 Å². The van der Waals surface area contributed by atoms with Gasteiger partial charge in [0.15, 0.2) is 0 Å². The lowest BCUT2D eigenvalue weighted by molar-refractivity contribution is -0.383. The largest absolute Gasteiger partial charge is 0.367 e. The minimum atomic E-state index is -0.472. The van der Waals surface area contributed by atoms with Crippen molar-refractivity contribution in [2.75, 3.05) is 17.7 Å². The van der Waals surface area contributed by atoms with Gasteiger partial charge >= 0.3 is 5.69 Å². The number of nitrogens with zero attached hydrogens (tertiary/aromatic N) is 3. The van der Waals surface area contributed by atoms with Gasteiger partial charge in [0, 0.05) is 13.1 Å². The molecule has 1 atom stereocenters. The van der Waals surface area contributed by atoms with Crippen molar-refractivity contribution in [2.24, 2.45) is 0 Å². The first kappa shape index (κ1) is 14.1. The van der Waals surface area contributed by atoms with Crippen LogP contribution in [0, 0.1) is 10.1 Å². The highest BCUT2D eigenvalue weighted by molar-refractivity contribution is 5.69. The highest BCUT2D eigenvalue weighted by Crippen LogP contribution is 2.29. The van der Waals surface area contributed by atoms with Crippen LogP contribution in [0.15, 0.2) is 6.33 Å². The summed E-state index contributed by atoms with van der Waals surface area (Å²) in [4.78, 5) is 18.4. The van der Waals surface area contributed by atoms with Crippen LogP contribution in [0.3, 0.4) is 0 Å². The number of rotatable bonds is 7. The molecule has 0 saturated carbocycles. The zero-order valence-corrected chi connectivity index (χ0v) is 10.9. The highest BCUT2D eigenvalue weighted by Gasteiger charge is 2.22. The topological polar surface area (TPSA) is 93.0 Å². The SMILES string of the molecule is CCCCC(C)Nc1ncnc(NC)c1[N+](=O)[O-]. The molecule has 0 bridgehead atoms. The van der Waals surface area contributed by atoms with Gasteiger partial charge in [-0.25, -0.2) is 9.97 Å². The Hall–Kier alpha value is -1.92. The molecule has 0 amide bonds. The van der Waals surface area contributed by atoms with E-state index in [0.29, 0.717) is 0 Å². The molecule has 1 aromatic rings. The van der Waals surface area contributed by atoms with Crippen molar-refractivity contribution in [3.05, 3.63) is 16.4 Å². The average molecular weight is 253 g/mol. The normalized spacial score (nSPS) is 11.9. The van der Waals surface area contributed by atoms with Crippen molar-refractivity contribution in [1.82, 2.24) is 9.97 Å². The first-order chi connectivity index (χ1) is 8.60. The third kappa shape index (κ3) is 3.54. The smallest absolute Gasteiger partial charge is 0.353 e. The number of hydrogen-bond donors (Lipinski definition) is 2. The summed E-state index contributed by atoms with van der Waals surface area (Å²) in [6.45, 7) is 4.10. The molecule has 0 aliphatic rings. The van der Waals surface area contributed by atoms with E-state index in [0.717, 1.165) is 19.3 Å². The van der Waals surface area contributed by atoms with Gasteiger partial charge in [-0.05, 0) is 13.3 Å². The predicted molar refractivity (Wildman–Crippen MR) is 70.8 cm³/mol. The van der Waals surface area contributed by atoms with E-state index in [1.807, 2.05) is 6.92 Å². The molecule has 0 aliphatic heterocycles. The Morgan fingerprint density at radius 1 is 1.44 bits per heavy atom. The van der Waals surface area contributed by atoms with Crippen LogP contribution in [-0.2, 0) is 0 Å². The lowest BCUT2D eigenvalue weighted by Crippen LogP contribution is -2.17. The third-order valence-electron chi connectivity index (χ3n) is 2.62. The standard InChI is InChI=1S/C11H19N5O2/c1-4-5-6-8(2)15-11-9(16(17)18)10(12-3)13-7-14-11/h7-8H,4-6H2,1-3H3,(H2,12,13,14,15). The molecule has 1 rings (SSSR count). The molecule has 100 valence electrons. The molecule has 0 aromatic carbocycles. The second kappa shape index (κ2) is 6.73. The fourth-order valence-corrected chi connectivity index (χ4v) is 1.66. The second-order valence-electron chi connectivity index (χ2n) is 4.11. The molecule has 1 aromatic heterocycles. The number of aromatic nitrogens is 2. The zero-order chi connectivity index (χ0) is 13.5. The number of nitro groups is 1. The van der Waals surface area contributed by atoms with Crippen LogP contribution < -0.4 is 10.6 Å². The van der Waals surface area contributed by atoms with Gasteiger partial charge in [-0.1, -0.05) is 19.8 Å². The van der Waals surface area contributed by atoms with Crippen LogP contribution in [0.5, 0.6) is 0 Å². The Bertz CT molecular complexity index is 410. The summed E-state index contributed by atoms with van der Waals surface area (Å²) in [6, 6.07) is 0.142. The summed E-state index contributed by atoms with van der Waals surface area (Å²) in [5.74, 6) is 0.489. The Kier molecular flexibility index (Phi) is 5.29. The molecular formula is C11H19N5O2. The van der Waals surface area contributed by atoms with Gasteiger partial charge in [-0.2, -0.15) is 0 Å². The van der Waals surface area contributed by atoms with E-state index in [-0.39, 0.29) is 23.4 Å². The first-order valence-electron chi connectivity index (χ1n) is 6.03. The van der Waals surface area contributed by atoms with Crippen LogP contribution in [0.1, 0.15) is 33.1 Å². The van der Waals surface area contributed by atoms with E-state index < -0.39 is 4.92 Å². The molecule has 0 spiro atoms. The van der Waals surface area contributed by atoms with Crippen molar-refractivity contribution in [1.29, 1.82) is 0 Å². The molecule has 1 unspecified atom stereocenters. The zero-order valence-electron chi connectivity index (χ0n) is 10.9. The lowest BCUT2D eigenvalue weighted by Gasteiger charge is -2.14. The maximum atomic E-state index is 11.0. The summed E-state index contributed by atoms with van der Waals surface area (Å²) in [7, 11) is 1.60. The van der Waals surface area contributed by atoms with Gasteiger partial charge in [0.05, 0.1) is 4.92 Å². The van der Waals surface area contributed by atoms with E-state index in [2.05, 4.69) is 27.5 Å². The molecule has 0 saturated heterocycles. The minimum Gasteiger partial charge on any atom is -0.367 e. The predicted octanol–water partition coefficient (Wildman–Crippen LogP) is 2.42. The van der Waals surface area contributed by atoms with Crippen molar-refractivity contribution in [3.8, 4) is 0 Å². The fourth-order valence-electron chi connectivity index (χ4n) is 1.66. The van der Waals surface area contributed by atoms with Crippen LogP contribution in [-0.4, -0.2) is 28.0 Å². The number of hydrogen-bond acceptors (Lipinski definition) is 6. The fraction of sp³-hybridized carbons (Fsp3) is 0.636. The molecule has 7 nitrogen and oxygen atoms in total. The average Bonchev–Trinajstić information content (AvgIpc) is 2.35. The Balaban J connectivity index is 2.90. The van der Waals surface area contributed by atoms with E-state index >= 15 is 0 Å². The molecule has 7 heteroatoms. The van der Waals surface area contributed by atoms with Gasteiger partial charge in [-0.3, -0.25) is 10.1 Å². The molecule has 18 heavy (non-hydrogen) atoms. The molecule has 0 aliphatic carbocycles. The molecule has 0 fully saturated rings. The minimum absolute atomic E-state index is 0.108. The Morgan fingerprint density at radius 3 is 2.67 bits per heavy atom. The second-order valence-corrected chi connectivity index (χ2v) is 4.11. The van der Waals surface area contributed by atoms with Gasteiger partial charge in [-0.15, -0.1) is 0 Å². The van der Waals surface area contributed by atoms with E-state index in [4.69, 9.17) is 0 Å². The third-order valence-corrected chi connectivity index (χ3v) is 2.62. The number of nitrogens with one attached hydrogen (secondary N) is 2. The summed E-state index contributed by atoms with van der Waals surface area (Å²) in [6.07, 6.45) is 4.44. The number of anilines is 2. The maximum absolute atomic E-state index is 11.0. The van der Waals surface area contributed by atoms with Crippen molar-refractivity contribution in [3.63, 3.8) is 0 Å². The van der Waals surface area contributed by atoms with Crippen molar-refractivity contribution >= 4 is 17.3 Å². The van der Waals surface area contributed by atoms with Crippen LogP contribution in [0.4, 0.5) is 17.3 Å².